The lowest BCUT2D eigenvalue weighted by atomic mass is 9.95. The van der Waals surface area contributed by atoms with Crippen LogP contribution in [0.4, 0.5) is 5.69 Å². The molecule has 0 bridgehead atoms. The van der Waals surface area contributed by atoms with E-state index in [0.717, 1.165) is 17.8 Å². The van der Waals surface area contributed by atoms with Crippen LogP contribution < -0.4 is 16.2 Å². The molecule has 2 aromatic rings. The topological polar surface area (TPSA) is 86.4 Å². The quantitative estimate of drug-likeness (QED) is 0.709. The Labute approximate surface area is 177 Å². The smallest absolute Gasteiger partial charge is 0.241 e. The molecule has 1 aromatic heterocycles. The first-order valence-electron chi connectivity index (χ1n) is 10.7. The van der Waals surface area contributed by atoms with Gasteiger partial charge in [0.15, 0.2) is 0 Å². The number of nitrogens with zero attached hydrogens (tertiary/aromatic N) is 2. The number of nitrogens with one attached hydrogen (secondary N) is 3. The molecule has 2 atom stereocenters. The minimum absolute atomic E-state index is 0.0300. The highest BCUT2D eigenvalue weighted by molar-refractivity contribution is 5.93. The maximum atomic E-state index is 12.9. The Morgan fingerprint density at radius 1 is 1.13 bits per heavy atom. The van der Waals surface area contributed by atoms with Crippen LogP contribution in [-0.4, -0.2) is 40.8 Å². The number of aromatic nitrogens is 1. The van der Waals surface area contributed by atoms with E-state index in [0.29, 0.717) is 32.4 Å². The van der Waals surface area contributed by atoms with Crippen LogP contribution in [0.5, 0.6) is 0 Å². The van der Waals surface area contributed by atoms with Gasteiger partial charge in [0.05, 0.1) is 11.7 Å². The Bertz CT molecular complexity index is 880. The largest absolute Gasteiger partial charge is 0.341 e. The van der Waals surface area contributed by atoms with Crippen LogP contribution in [0.1, 0.15) is 43.5 Å². The molecule has 158 valence electrons. The third-order valence-corrected chi connectivity index (χ3v) is 6.03. The van der Waals surface area contributed by atoms with Crippen molar-refractivity contribution in [3.8, 4) is 0 Å². The summed E-state index contributed by atoms with van der Waals surface area (Å²) in [6.07, 6.45) is 4.75. The van der Waals surface area contributed by atoms with Crippen LogP contribution in [0.3, 0.4) is 0 Å². The van der Waals surface area contributed by atoms with Crippen LogP contribution in [0.15, 0.2) is 48.7 Å². The highest BCUT2D eigenvalue weighted by atomic mass is 16.2. The first-order chi connectivity index (χ1) is 14.6. The lowest BCUT2D eigenvalue weighted by Gasteiger charge is -2.32. The molecule has 2 fully saturated rings. The van der Waals surface area contributed by atoms with Gasteiger partial charge in [-0.25, -0.2) is 10.9 Å². The van der Waals surface area contributed by atoms with Gasteiger partial charge in [-0.3, -0.25) is 14.6 Å². The van der Waals surface area contributed by atoms with E-state index in [1.54, 1.807) is 6.20 Å². The van der Waals surface area contributed by atoms with Gasteiger partial charge in [-0.1, -0.05) is 25.1 Å². The van der Waals surface area contributed by atoms with E-state index in [9.17, 15) is 9.59 Å². The third kappa shape index (κ3) is 4.68. The van der Waals surface area contributed by atoms with Gasteiger partial charge in [0, 0.05) is 30.9 Å². The fourth-order valence-electron chi connectivity index (χ4n) is 4.19. The number of aryl methyl sites for hydroxylation is 1. The maximum absolute atomic E-state index is 12.9. The number of rotatable bonds is 5. The Hall–Kier alpha value is -2.77. The Morgan fingerprint density at radius 2 is 1.97 bits per heavy atom. The molecule has 0 radical (unpaired) electrons. The van der Waals surface area contributed by atoms with E-state index in [1.165, 1.54) is 5.56 Å². The fraction of sp³-hybridized carbons (Fsp3) is 0.435. The van der Waals surface area contributed by atoms with Crippen molar-refractivity contribution in [2.45, 2.75) is 44.7 Å². The highest BCUT2D eigenvalue weighted by Crippen LogP contribution is 2.24. The number of hydrogen-bond acceptors (Lipinski definition) is 5. The van der Waals surface area contributed by atoms with E-state index in [4.69, 9.17) is 0 Å². The van der Waals surface area contributed by atoms with Crippen molar-refractivity contribution in [3.05, 3.63) is 59.9 Å². The molecule has 0 aliphatic carbocycles. The third-order valence-electron chi connectivity index (χ3n) is 6.03. The van der Waals surface area contributed by atoms with Crippen LogP contribution >= 0.6 is 0 Å². The number of likely N-dealkylation sites (tertiary alicyclic amines) is 1. The van der Waals surface area contributed by atoms with Crippen LogP contribution in [-0.2, 0) is 16.0 Å². The molecular formula is C23H29N5O2. The van der Waals surface area contributed by atoms with Crippen molar-refractivity contribution in [1.82, 2.24) is 20.7 Å². The summed E-state index contributed by atoms with van der Waals surface area (Å²) in [6, 6.07) is 13.5. The molecule has 1 aromatic carbocycles. The molecule has 2 aliphatic heterocycles. The zero-order chi connectivity index (χ0) is 20.9. The molecule has 2 saturated heterocycles. The normalized spacial score (nSPS) is 22.1. The van der Waals surface area contributed by atoms with E-state index in [-0.39, 0.29) is 29.8 Å². The van der Waals surface area contributed by atoms with Gasteiger partial charge in [-0.15, -0.1) is 0 Å². The zero-order valence-corrected chi connectivity index (χ0v) is 17.3. The second-order valence-corrected chi connectivity index (χ2v) is 8.03. The second kappa shape index (κ2) is 9.36. The average molecular weight is 408 g/mol. The summed E-state index contributed by atoms with van der Waals surface area (Å²) < 4.78 is 0. The summed E-state index contributed by atoms with van der Waals surface area (Å²) in [5.74, 6) is 0.0805. The molecule has 30 heavy (non-hydrogen) atoms. The van der Waals surface area contributed by atoms with Gasteiger partial charge in [0.25, 0.3) is 0 Å². The lowest BCUT2D eigenvalue weighted by molar-refractivity contribution is -0.136. The van der Waals surface area contributed by atoms with Gasteiger partial charge in [-0.05, 0) is 55.5 Å². The van der Waals surface area contributed by atoms with Crippen LogP contribution in [0.25, 0.3) is 0 Å². The summed E-state index contributed by atoms with van der Waals surface area (Å²) >= 11 is 0. The molecule has 3 N–H and O–H groups in total. The van der Waals surface area contributed by atoms with Crippen LogP contribution in [0.2, 0.25) is 0 Å². The molecule has 7 heteroatoms. The average Bonchev–Trinajstić information content (AvgIpc) is 3.30. The molecule has 0 saturated carbocycles. The van der Waals surface area contributed by atoms with Gasteiger partial charge >= 0.3 is 0 Å². The number of hydrogen-bond donors (Lipinski definition) is 3. The van der Waals surface area contributed by atoms with Gasteiger partial charge < -0.3 is 10.2 Å². The summed E-state index contributed by atoms with van der Waals surface area (Å²) in [5.41, 5.74) is 9.29. The first kappa shape index (κ1) is 20.5. The molecule has 7 nitrogen and oxygen atoms in total. The Morgan fingerprint density at radius 3 is 2.70 bits per heavy atom. The predicted octanol–water partition coefficient (Wildman–Crippen LogP) is 2.43. The zero-order valence-electron chi connectivity index (χ0n) is 17.3. The second-order valence-electron chi connectivity index (χ2n) is 8.03. The van der Waals surface area contributed by atoms with Crippen molar-refractivity contribution >= 4 is 17.5 Å². The van der Waals surface area contributed by atoms with Crippen molar-refractivity contribution in [2.75, 3.05) is 18.4 Å². The lowest BCUT2D eigenvalue weighted by Crippen LogP contribution is -2.49. The fourth-order valence-corrected chi connectivity index (χ4v) is 4.19. The number of pyridine rings is 1. The molecule has 0 spiro atoms. The maximum Gasteiger partial charge on any atom is 0.241 e. The minimum Gasteiger partial charge on any atom is -0.341 e. The molecule has 2 unspecified atom stereocenters. The highest BCUT2D eigenvalue weighted by Gasteiger charge is 2.35. The minimum atomic E-state index is -0.265. The SMILES string of the molecule is CCc1cccc(NC(=O)C2CCN(C(=O)C3CC(c4ccccn4)NN3)CC2)c1. The van der Waals surface area contributed by atoms with Crippen molar-refractivity contribution in [3.63, 3.8) is 0 Å². The summed E-state index contributed by atoms with van der Waals surface area (Å²) in [6.45, 7) is 3.32. The summed E-state index contributed by atoms with van der Waals surface area (Å²) in [7, 11) is 0. The number of carbonyl (C=O) groups excluding carboxylic acids is 2. The molecular weight excluding hydrogens is 378 g/mol. The van der Waals surface area contributed by atoms with Crippen LogP contribution in [0, 0.1) is 5.92 Å². The van der Waals surface area contributed by atoms with Crippen molar-refractivity contribution < 1.29 is 9.59 Å². The number of hydrazine groups is 1. The number of piperidine rings is 1. The standard InChI is InChI=1S/C23H29N5O2/c1-2-16-6-5-7-18(14-16)25-22(29)17-9-12-28(13-10-17)23(30)21-15-20(26-27-21)19-8-3-4-11-24-19/h3-8,11,14,17,20-21,26-27H,2,9-10,12-13,15H2,1H3,(H,25,29). The molecule has 2 amide bonds. The van der Waals surface area contributed by atoms with Gasteiger partial charge in [0.2, 0.25) is 11.8 Å². The van der Waals surface area contributed by atoms with Gasteiger partial charge in [0.1, 0.15) is 6.04 Å². The number of amides is 2. The monoisotopic (exact) mass is 407 g/mol. The van der Waals surface area contributed by atoms with E-state index >= 15 is 0 Å². The van der Waals surface area contributed by atoms with Crippen molar-refractivity contribution in [1.29, 1.82) is 0 Å². The molecule has 2 aliphatic rings. The molecule has 3 heterocycles. The van der Waals surface area contributed by atoms with E-state index < -0.39 is 0 Å². The van der Waals surface area contributed by atoms with Crippen molar-refractivity contribution in [2.24, 2.45) is 5.92 Å². The predicted molar refractivity (Wildman–Crippen MR) is 115 cm³/mol. The Kier molecular flexibility index (Phi) is 6.40. The number of carbonyl (C=O) groups is 2. The molecule has 4 rings (SSSR count). The number of benzene rings is 1. The Balaban J connectivity index is 1.27. The first-order valence-corrected chi connectivity index (χ1v) is 10.7. The number of anilines is 1. The summed E-state index contributed by atoms with van der Waals surface area (Å²) in [4.78, 5) is 31.8. The van der Waals surface area contributed by atoms with E-state index in [2.05, 4.69) is 34.1 Å². The van der Waals surface area contributed by atoms with Gasteiger partial charge in [-0.2, -0.15) is 0 Å². The summed E-state index contributed by atoms with van der Waals surface area (Å²) in [5, 5.41) is 3.04. The van der Waals surface area contributed by atoms with E-state index in [1.807, 2.05) is 41.3 Å².